The Hall–Kier alpha value is -2.15. The number of benzene rings is 3. The summed E-state index contributed by atoms with van der Waals surface area (Å²) in [5, 5.41) is 0. The zero-order chi connectivity index (χ0) is 28.6. The zero-order valence-electron chi connectivity index (χ0n) is 24.6. The first-order valence-corrected chi connectivity index (χ1v) is 18.0. The first-order valence-electron chi connectivity index (χ1n) is 15.6. The van der Waals surface area contributed by atoms with Crippen LogP contribution < -0.4 is 0 Å². The highest BCUT2D eigenvalue weighted by molar-refractivity contribution is 9.10. The van der Waals surface area contributed by atoms with Gasteiger partial charge in [0.25, 0.3) is 0 Å². The maximum atomic E-state index is 11.6. The number of carbonyl (C=O) groups is 1. The lowest BCUT2D eigenvalue weighted by Gasteiger charge is -2.19. The van der Waals surface area contributed by atoms with Crippen molar-refractivity contribution in [2.45, 2.75) is 104 Å². The summed E-state index contributed by atoms with van der Waals surface area (Å²) in [4.78, 5) is 11.6. The number of hydrogen-bond acceptors (Lipinski definition) is 3. The second-order valence-electron chi connectivity index (χ2n) is 11.3. The van der Waals surface area contributed by atoms with Crippen LogP contribution in [-0.2, 0) is 13.1 Å². The van der Waals surface area contributed by atoms with Crippen LogP contribution in [0.5, 0.6) is 0 Å². The van der Waals surface area contributed by atoms with E-state index in [1.54, 1.807) is 0 Å². The van der Waals surface area contributed by atoms with E-state index in [2.05, 4.69) is 81.4 Å². The smallest absolute Gasteiger partial charge is 0.150 e. The fraction of sp³-hybridized carbons (Fsp3) is 0.457. The average Bonchev–Trinajstić information content (AvgIpc) is 2.98. The minimum absolute atomic E-state index is 0.747. The molecule has 0 aliphatic carbocycles. The second kappa shape index (κ2) is 14.8. The predicted octanol–water partition coefficient (Wildman–Crippen LogP) is 12.4. The Morgan fingerprint density at radius 3 is 1.59 bits per heavy atom. The number of carbonyl (C=O) groups excluding carboxylic acids is 1. The van der Waals surface area contributed by atoms with Gasteiger partial charge in [-0.05, 0) is 61.4 Å². The Bertz CT molecular complexity index is 1670. The minimum atomic E-state index is 0.747. The maximum absolute atomic E-state index is 11.6. The SMILES string of the molecule is CCCCCCCCn1c2ccc(Br)cc2sc2cc3c(cc21)sc1cc(C=O)ccc1n3CCCCCCCC. The minimum Gasteiger partial charge on any atom is -0.339 e. The molecule has 218 valence electrons. The fourth-order valence-electron chi connectivity index (χ4n) is 5.90. The van der Waals surface area contributed by atoms with Crippen LogP contribution in [0.1, 0.15) is 101 Å². The summed E-state index contributed by atoms with van der Waals surface area (Å²) in [6.07, 6.45) is 16.4. The number of aldehydes is 1. The van der Waals surface area contributed by atoms with Crippen molar-refractivity contribution < 1.29 is 4.79 Å². The molecule has 2 aromatic heterocycles. The van der Waals surface area contributed by atoms with Gasteiger partial charge in [0.05, 0.1) is 40.9 Å². The Morgan fingerprint density at radius 2 is 1.05 bits per heavy atom. The molecule has 0 fully saturated rings. The van der Waals surface area contributed by atoms with E-state index in [0.717, 1.165) is 29.4 Å². The molecule has 0 bridgehead atoms. The molecule has 0 aliphatic heterocycles. The summed E-state index contributed by atoms with van der Waals surface area (Å²) in [5.41, 5.74) is 5.91. The normalized spacial score (nSPS) is 11.8. The molecule has 0 aliphatic rings. The third-order valence-electron chi connectivity index (χ3n) is 8.16. The second-order valence-corrected chi connectivity index (χ2v) is 14.4. The first kappa shape index (κ1) is 30.3. The fourth-order valence-corrected chi connectivity index (χ4v) is 8.73. The molecule has 0 saturated heterocycles. The summed E-state index contributed by atoms with van der Waals surface area (Å²) in [6, 6.07) is 17.8. The van der Waals surface area contributed by atoms with Crippen LogP contribution in [0.25, 0.3) is 40.9 Å². The molecule has 0 unspecified atom stereocenters. The lowest BCUT2D eigenvalue weighted by atomic mass is 10.1. The number of aromatic nitrogens is 2. The number of nitrogens with zero attached hydrogens (tertiary/aromatic N) is 2. The summed E-state index contributed by atoms with van der Waals surface area (Å²) >= 11 is 7.43. The highest BCUT2D eigenvalue weighted by Crippen LogP contribution is 2.37. The van der Waals surface area contributed by atoms with E-state index in [1.807, 2.05) is 28.7 Å². The third kappa shape index (κ3) is 7.26. The molecular formula is C35H43BrN2OS2. The highest BCUT2D eigenvalue weighted by atomic mass is 79.9. The molecule has 0 spiro atoms. The Balaban J connectivity index is 1.61. The lowest BCUT2D eigenvalue weighted by Crippen LogP contribution is -2.05. The Morgan fingerprint density at radius 1 is 0.585 bits per heavy atom. The molecule has 0 saturated carbocycles. The van der Waals surface area contributed by atoms with Gasteiger partial charge in [0.2, 0.25) is 0 Å². The zero-order valence-corrected chi connectivity index (χ0v) is 27.8. The van der Waals surface area contributed by atoms with Gasteiger partial charge >= 0.3 is 0 Å². The van der Waals surface area contributed by atoms with Crippen LogP contribution in [-0.4, -0.2) is 15.4 Å². The van der Waals surface area contributed by atoms with Crippen LogP contribution in [0.3, 0.4) is 0 Å². The molecule has 3 nitrogen and oxygen atoms in total. The monoisotopic (exact) mass is 650 g/mol. The van der Waals surface area contributed by atoms with E-state index < -0.39 is 0 Å². The van der Waals surface area contributed by atoms with Crippen LogP contribution in [0.2, 0.25) is 0 Å². The van der Waals surface area contributed by atoms with Crippen molar-refractivity contribution in [2.75, 3.05) is 0 Å². The van der Waals surface area contributed by atoms with Crippen molar-refractivity contribution in [3.8, 4) is 0 Å². The first-order chi connectivity index (χ1) is 20.1. The van der Waals surface area contributed by atoms with Gasteiger partial charge < -0.3 is 9.13 Å². The number of fused-ring (bicyclic) bond motifs is 4. The Labute approximate surface area is 261 Å². The van der Waals surface area contributed by atoms with Gasteiger partial charge in [-0.3, -0.25) is 4.79 Å². The van der Waals surface area contributed by atoms with Gasteiger partial charge in [0, 0.05) is 23.1 Å². The van der Waals surface area contributed by atoms with Crippen molar-refractivity contribution in [2.24, 2.45) is 0 Å². The number of aryl methyl sites for hydroxylation is 2. The molecule has 0 N–H and O–H groups in total. The maximum Gasteiger partial charge on any atom is 0.150 e. The van der Waals surface area contributed by atoms with E-state index in [0.29, 0.717) is 0 Å². The van der Waals surface area contributed by atoms with E-state index in [-0.39, 0.29) is 0 Å². The summed E-state index contributed by atoms with van der Waals surface area (Å²) in [6.45, 7) is 6.59. The van der Waals surface area contributed by atoms with Gasteiger partial charge in [0.15, 0.2) is 0 Å². The van der Waals surface area contributed by atoms with E-state index >= 15 is 0 Å². The van der Waals surface area contributed by atoms with Gasteiger partial charge in [-0.1, -0.05) is 94.0 Å². The molecular weight excluding hydrogens is 608 g/mol. The van der Waals surface area contributed by atoms with Crippen molar-refractivity contribution in [1.82, 2.24) is 9.13 Å². The Kier molecular flexibility index (Phi) is 11.0. The van der Waals surface area contributed by atoms with E-state index in [9.17, 15) is 4.79 Å². The predicted molar refractivity (Wildman–Crippen MR) is 186 cm³/mol. The van der Waals surface area contributed by atoms with Gasteiger partial charge in [-0.2, -0.15) is 0 Å². The largest absolute Gasteiger partial charge is 0.339 e. The molecule has 0 amide bonds. The quantitative estimate of drug-likeness (QED) is 0.0629. The van der Waals surface area contributed by atoms with E-state index in [4.69, 9.17) is 0 Å². The van der Waals surface area contributed by atoms with Crippen molar-refractivity contribution in [3.63, 3.8) is 0 Å². The molecule has 3 aromatic carbocycles. The molecule has 6 heteroatoms. The molecule has 41 heavy (non-hydrogen) atoms. The number of unbranched alkanes of at least 4 members (excludes halogenated alkanes) is 10. The van der Waals surface area contributed by atoms with Crippen LogP contribution in [0, 0.1) is 0 Å². The van der Waals surface area contributed by atoms with E-state index in [1.165, 1.54) is 118 Å². The average molecular weight is 652 g/mol. The van der Waals surface area contributed by atoms with Gasteiger partial charge in [0.1, 0.15) is 6.29 Å². The van der Waals surface area contributed by atoms with Crippen LogP contribution in [0.15, 0.2) is 53.0 Å². The number of halogens is 1. The van der Waals surface area contributed by atoms with Gasteiger partial charge in [-0.25, -0.2) is 0 Å². The molecule has 2 heterocycles. The van der Waals surface area contributed by atoms with Crippen molar-refractivity contribution in [1.29, 1.82) is 0 Å². The molecule has 0 atom stereocenters. The standard InChI is InChI=1S/C35H43BrN2OS2/c1-3-5-7-9-11-13-19-37-28-17-15-26(25-39)21-32(28)40-34-23-31-35(24-30(34)37)41-33-22-27(36)16-18-29(33)38(31)20-14-12-10-8-6-4-2/h15-18,21-25H,3-14,19-20H2,1-2H3. The summed E-state index contributed by atoms with van der Waals surface area (Å²) in [7, 11) is 0. The summed E-state index contributed by atoms with van der Waals surface area (Å²) < 4.78 is 11.3. The molecule has 5 rings (SSSR count). The highest BCUT2D eigenvalue weighted by Gasteiger charge is 2.13. The molecule has 0 radical (unpaired) electrons. The van der Waals surface area contributed by atoms with Gasteiger partial charge in [-0.15, -0.1) is 22.7 Å². The lowest BCUT2D eigenvalue weighted by molar-refractivity contribution is 0.112. The topological polar surface area (TPSA) is 26.9 Å². The van der Waals surface area contributed by atoms with Crippen LogP contribution >= 0.6 is 38.6 Å². The molecule has 5 aromatic rings. The van der Waals surface area contributed by atoms with Crippen LogP contribution in [0.4, 0.5) is 0 Å². The summed E-state index contributed by atoms with van der Waals surface area (Å²) in [5.74, 6) is 0. The van der Waals surface area contributed by atoms with Crippen molar-refractivity contribution >= 4 is 85.8 Å². The number of rotatable bonds is 15. The van der Waals surface area contributed by atoms with Crippen molar-refractivity contribution in [3.05, 3.63) is 58.6 Å². The number of hydrogen-bond donors (Lipinski definition) is 0. The third-order valence-corrected chi connectivity index (χ3v) is 10.8.